The summed E-state index contributed by atoms with van der Waals surface area (Å²) in [5.74, 6) is -4.05. The average molecular weight is 403 g/mol. The van der Waals surface area contributed by atoms with Crippen molar-refractivity contribution in [2.75, 3.05) is 0 Å². The Morgan fingerprint density at radius 3 is 2.35 bits per heavy atom. The van der Waals surface area contributed by atoms with Crippen molar-refractivity contribution in [2.24, 2.45) is 5.92 Å². The molecule has 1 aliphatic heterocycles. The lowest BCUT2D eigenvalue weighted by Gasteiger charge is -2.18. The Labute approximate surface area is 157 Å². The van der Waals surface area contributed by atoms with Gasteiger partial charge in [0.2, 0.25) is 0 Å². The molecule has 9 heteroatoms. The van der Waals surface area contributed by atoms with E-state index in [2.05, 4.69) is 9.97 Å². The number of rotatable bonds is 3. The van der Waals surface area contributed by atoms with Gasteiger partial charge >= 0.3 is 5.97 Å². The molecular weight excluding hydrogens is 389 g/mol. The summed E-state index contributed by atoms with van der Waals surface area (Å²) in [6.45, 7) is 3.28. The summed E-state index contributed by atoms with van der Waals surface area (Å²) in [6.07, 6.45) is 2.22. The molecule has 138 valence electrons. The predicted molar refractivity (Wildman–Crippen MR) is 95.3 cm³/mol. The monoisotopic (exact) mass is 402 g/mol. The smallest absolute Gasteiger partial charge is 0.305 e. The van der Waals surface area contributed by atoms with Crippen LogP contribution < -0.4 is 0 Å². The third kappa shape index (κ3) is 3.66. The molecule has 0 fully saturated rings. The van der Waals surface area contributed by atoms with Gasteiger partial charge in [0.05, 0.1) is 21.3 Å². The number of thiazole rings is 1. The Bertz CT molecular complexity index is 992. The molecule has 1 aromatic carbocycles. The minimum absolute atomic E-state index is 0. The van der Waals surface area contributed by atoms with E-state index in [1.807, 2.05) is 6.07 Å². The van der Waals surface area contributed by atoms with Crippen molar-refractivity contribution in [2.45, 2.75) is 20.3 Å². The van der Waals surface area contributed by atoms with E-state index in [1.54, 1.807) is 20.0 Å². The van der Waals surface area contributed by atoms with Crippen LogP contribution in [0.1, 0.15) is 24.4 Å². The summed E-state index contributed by atoms with van der Waals surface area (Å²) < 4.78 is 40.2. The Morgan fingerprint density at radius 2 is 1.88 bits per heavy atom. The lowest BCUT2D eigenvalue weighted by molar-refractivity contribution is -0.140. The molecule has 0 saturated heterocycles. The lowest BCUT2D eigenvalue weighted by Crippen LogP contribution is -2.04. The Balaban J connectivity index is 0.000000305. The van der Waals surface area contributed by atoms with Crippen molar-refractivity contribution in [1.82, 2.24) is 9.97 Å². The van der Waals surface area contributed by atoms with E-state index in [9.17, 15) is 18.0 Å². The van der Waals surface area contributed by atoms with Gasteiger partial charge in [0.15, 0.2) is 11.6 Å². The first kappa shape index (κ1) is 20.1. The van der Waals surface area contributed by atoms with Crippen LogP contribution >= 0.6 is 23.7 Å². The van der Waals surface area contributed by atoms with E-state index in [0.29, 0.717) is 17.5 Å². The minimum atomic E-state index is -1.21. The fraction of sp³-hybridized carbons (Fsp3) is 0.235. The van der Waals surface area contributed by atoms with Crippen LogP contribution in [0.15, 0.2) is 18.3 Å². The molecule has 0 spiro atoms. The molecule has 2 aliphatic rings. The highest BCUT2D eigenvalue weighted by Gasteiger charge is 2.22. The Kier molecular flexibility index (Phi) is 5.87. The van der Waals surface area contributed by atoms with Crippen LogP contribution in [-0.4, -0.2) is 21.0 Å². The molecule has 26 heavy (non-hydrogen) atoms. The van der Waals surface area contributed by atoms with Gasteiger partial charge in [-0.15, -0.1) is 23.7 Å². The van der Waals surface area contributed by atoms with Gasteiger partial charge in [0.25, 0.3) is 0 Å². The standard InChI is InChI=1S/C13H5F3N2S.C4H8O2.ClH/c14-7-3-8(15)13-12(10(7)16)18-9(19-13)2-5-1-6-4-17-11(5)6;1-3(2)4(5)6;/h1,3-4H,2H2;3H,1-2H3,(H,5,6);1H. The highest BCUT2D eigenvalue weighted by atomic mass is 35.5. The van der Waals surface area contributed by atoms with E-state index >= 15 is 0 Å². The molecule has 1 aromatic heterocycles. The molecular formula is C17H14ClF3N2O2S. The zero-order valence-electron chi connectivity index (χ0n) is 13.7. The van der Waals surface area contributed by atoms with Crippen molar-refractivity contribution in [3.8, 4) is 11.3 Å². The number of aromatic nitrogens is 2. The first-order valence-electron chi connectivity index (χ1n) is 7.43. The molecule has 4 rings (SSSR count). The molecule has 1 N–H and O–H groups in total. The van der Waals surface area contributed by atoms with Gasteiger partial charge in [-0.05, 0) is 11.6 Å². The highest BCUT2D eigenvalue weighted by molar-refractivity contribution is 7.18. The Hall–Kier alpha value is -2.19. The molecule has 0 bridgehead atoms. The molecule has 4 nitrogen and oxygen atoms in total. The van der Waals surface area contributed by atoms with Crippen molar-refractivity contribution in [3.63, 3.8) is 0 Å². The van der Waals surface area contributed by atoms with Crippen LogP contribution in [0, 0.1) is 23.4 Å². The molecule has 0 unspecified atom stereocenters. The van der Waals surface area contributed by atoms with E-state index in [1.165, 1.54) is 0 Å². The number of aliphatic carboxylic acids is 1. The number of benzene rings is 1. The van der Waals surface area contributed by atoms with Crippen LogP contribution in [0.3, 0.4) is 0 Å². The number of halogens is 4. The number of hydrogen-bond acceptors (Lipinski definition) is 4. The highest BCUT2D eigenvalue weighted by Crippen LogP contribution is 2.36. The first-order valence-corrected chi connectivity index (χ1v) is 8.24. The summed E-state index contributed by atoms with van der Waals surface area (Å²) in [5, 5.41) is 8.54. The summed E-state index contributed by atoms with van der Waals surface area (Å²) in [6, 6.07) is 2.51. The maximum atomic E-state index is 13.5. The second-order valence-electron chi connectivity index (χ2n) is 5.84. The first-order chi connectivity index (χ1) is 11.8. The topological polar surface area (TPSA) is 63.1 Å². The zero-order valence-corrected chi connectivity index (χ0v) is 15.3. The number of carboxylic acids is 1. The van der Waals surface area contributed by atoms with Gasteiger partial charge < -0.3 is 5.11 Å². The van der Waals surface area contributed by atoms with Crippen LogP contribution in [0.5, 0.6) is 0 Å². The predicted octanol–water partition coefficient (Wildman–Crippen LogP) is 4.83. The maximum absolute atomic E-state index is 13.5. The molecule has 1 aliphatic carbocycles. The number of hydrogen-bond donors (Lipinski definition) is 1. The summed E-state index contributed by atoms with van der Waals surface area (Å²) >= 11 is 1.04. The van der Waals surface area contributed by atoms with E-state index in [0.717, 1.165) is 28.2 Å². The maximum Gasteiger partial charge on any atom is 0.305 e. The molecule has 0 saturated carbocycles. The molecule has 0 amide bonds. The molecule has 0 radical (unpaired) electrons. The quantitative estimate of drug-likeness (QED) is 0.498. The van der Waals surface area contributed by atoms with Crippen LogP contribution in [0.25, 0.3) is 21.5 Å². The van der Waals surface area contributed by atoms with Crippen LogP contribution in [0.2, 0.25) is 0 Å². The van der Waals surface area contributed by atoms with Crippen molar-refractivity contribution in [1.29, 1.82) is 0 Å². The van der Waals surface area contributed by atoms with Crippen LogP contribution in [-0.2, 0) is 11.2 Å². The molecule has 2 aromatic rings. The zero-order chi connectivity index (χ0) is 18.3. The number of carboxylic acid groups (broad SMARTS) is 1. The van der Waals surface area contributed by atoms with Gasteiger partial charge in [0, 0.05) is 24.2 Å². The van der Waals surface area contributed by atoms with Crippen molar-refractivity contribution in [3.05, 3.63) is 46.4 Å². The van der Waals surface area contributed by atoms with Crippen molar-refractivity contribution < 1.29 is 23.1 Å². The van der Waals surface area contributed by atoms with Gasteiger partial charge in [-0.25, -0.2) is 18.2 Å². The number of carbonyl (C=O) groups is 1. The van der Waals surface area contributed by atoms with E-state index in [4.69, 9.17) is 5.11 Å². The number of pyridine rings is 1. The third-order valence-electron chi connectivity index (χ3n) is 3.64. The summed E-state index contributed by atoms with van der Waals surface area (Å²) in [4.78, 5) is 17.8. The lowest BCUT2D eigenvalue weighted by atomic mass is 9.93. The van der Waals surface area contributed by atoms with E-state index < -0.39 is 23.4 Å². The number of fused-ring (bicyclic) bond motifs is 2. The fourth-order valence-corrected chi connectivity index (χ4v) is 3.15. The fourth-order valence-electron chi connectivity index (χ4n) is 2.16. The summed E-state index contributed by atoms with van der Waals surface area (Å²) in [5.41, 5.74) is 2.80. The normalized spacial score (nSPS) is 11.0. The van der Waals surface area contributed by atoms with Gasteiger partial charge in [0.1, 0.15) is 11.3 Å². The molecule has 2 heterocycles. The van der Waals surface area contributed by atoms with Crippen LogP contribution in [0.4, 0.5) is 13.2 Å². The molecule has 0 atom stereocenters. The largest absolute Gasteiger partial charge is 0.481 e. The SMILES string of the molecule is CC(C)C(=O)O.Cl.Fc1cc(F)c2sc(Cc3cc4cnc3-4)nc2c1F. The second-order valence-corrected chi connectivity index (χ2v) is 6.92. The average Bonchev–Trinajstić information content (AvgIpc) is 2.95. The third-order valence-corrected chi connectivity index (χ3v) is 4.70. The van der Waals surface area contributed by atoms with Crippen molar-refractivity contribution >= 4 is 39.9 Å². The summed E-state index contributed by atoms with van der Waals surface area (Å²) in [7, 11) is 0. The van der Waals surface area contributed by atoms with E-state index in [-0.39, 0.29) is 28.5 Å². The van der Waals surface area contributed by atoms with Gasteiger partial charge in [-0.1, -0.05) is 13.8 Å². The van der Waals surface area contributed by atoms with Gasteiger partial charge in [-0.2, -0.15) is 0 Å². The Morgan fingerprint density at radius 1 is 1.23 bits per heavy atom. The number of nitrogens with zero attached hydrogens (tertiary/aromatic N) is 2. The van der Waals surface area contributed by atoms with Gasteiger partial charge in [-0.3, -0.25) is 9.78 Å². The second kappa shape index (κ2) is 7.59. The minimum Gasteiger partial charge on any atom is -0.481 e.